The van der Waals surface area contributed by atoms with Crippen molar-refractivity contribution in [2.45, 2.75) is 59.0 Å². The Hall–Kier alpha value is -4.48. The van der Waals surface area contributed by atoms with E-state index in [0.29, 0.717) is 77.9 Å². The summed E-state index contributed by atoms with van der Waals surface area (Å²) < 4.78 is 23.4. The van der Waals surface area contributed by atoms with E-state index in [4.69, 9.17) is 18.9 Å². The van der Waals surface area contributed by atoms with Gasteiger partial charge in [-0.3, -0.25) is 19.2 Å². The van der Waals surface area contributed by atoms with Gasteiger partial charge in [-0.25, -0.2) is 0 Å². The molecule has 252 valence electrons. The summed E-state index contributed by atoms with van der Waals surface area (Å²) in [6.45, 7) is 9.78. The Morgan fingerprint density at radius 3 is 1.38 bits per heavy atom. The molecule has 6 rings (SSSR count). The molecule has 0 aromatic heterocycles. The summed E-state index contributed by atoms with van der Waals surface area (Å²) in [6, 6.07) is 5.65. The molecule has 2 aromatic carbocycles. The summed E-state index contributed by atoms with van der Waals surface area (Å²) in [6.07, 6.45) is 1.68. The average Bonchev–Trinajstić information content (AvgIpc) is 3.52. The number of anilines is 2. The second-order valence-electron chi connectivity index (χ2n) is 14.5. The van der Waals surface area contributed by atoms with Gasteiger partial charge < -0.3 is 38.5 Å². The molecule has 4 aliphatic rings. The zero-order chi connectivity index (χ0) is 34.0. The standard InChI is InChI=1S/C35H44N4O8/c1-34(2)16-24-32(42)36(5)22-14-28(26(44-7)12-20(22)30(40)38(24)18-34)46-10-9-11-47-29-15-23-21(13-27(29)45-8)31(41)39-19-35(3,4)17-25(39)33(43)37(23)6/h12-15,24-25H,9-11,16-19H2,1-8H3. The van der Waals surface area contributed by atoms with E-state index < -0.39 is 12.1 Å². The van der Waals surface area contributed by atoms with E-state index in [1.165, 1.54) is 24.0 Å². The highest BCUT2D eigenvalue weighted by molar-refractivity contribution is 6.12. The smallest absolute Gasteiger partial charge is 0.256 e. The van der Waals surface area contributed by atoms with Gasteiger partial charge in [0.05, 0.1) is 49.9 Å². The number of carbonyl (C=O) groups is 4. The van der Waals surface area contributed by atoms with Crippen molar-refractivity contribution < 1.29 is 38.1 Å². The molecular formula is C35H44N4O8. The summed E-state index contributed by atoms with van der Waals surface area (Å²) in [5, 5.41) is 0. The lowest BCUT2D eigenvalue weighted by molar-refractivity contribution is -0.122. The lowest BCUT2D eigenvalue weighted by atomic mass is 9.90. The second-order valence-corrected chi connectivity index (χ2v) is 14.5. The molecule has 0 aliphatic carbocycles. The molecule has 0 saturated carbocycles. The Morgan fingerprint density at radius 1 is 0.638 bits per heavy atom. The lowest BCUT2D eigenvalue weighted by Gasteiger charge is -2.23. The van der Waals surface area contributed by atoms with Gasteiger partial charge in [-0.05, 0) is 35.8 Å². The average molecular weight is 649 g/mol. The summed E-state index contributed by atoms with van der Waals surface area (Å²) in [4.78, 5) is 60.4. The summed E-state index contributed by atoms with van der Waals surface area (Å²) >= 11 is 0. The van der Waals surface area contributed by atoms with Crippen molar-refractivity contribution >= 4 is 35.0 Å². The highest BCUT2D eigenvalue weighted by Gasteiger charge is 2.49. The van der Waals surface area contributed by atoms with Gasteiger partial charge in [0.15, 0.2) is 23.0 Å². The van der Waals surface area contributed by atoms with Gasteiger partial charge in [-0.2, -0.15) is 0 Å². The minimum absolute atomic E-state index is 0.125. The fourth-order valence-electron chi connectivity index (χ4n) is 7.36. The lowest BCUT2D eigenvalue weighted by Crippen LogP contribution is -2.43. The molecule has 12 heteroatoms. The number of carbonyl (C=O) groups excluding carboxylic acids is 4. The topological polar surface area (TPSA) is 118 Å². The van der Waals surface area contributed by atoms with E-state index in [1.807, 2.05) is 0 Å². The monoisotopic (exact) mass is 648 g/mol. The van der Waals surface area contributed by atoms with E-state index in [-0.39, 0.29) is 47.7 Å². The number of ether oxygens (including phenoxy) is 4. The highest BCUT2D eigenvalue weighted by Crippen LogP contribution is 2.44. The Labute approximate surface area is 275 Å². The molecule has 4 heterocycles. The van der Waals surface area contributed by atoms with E-state index in [0.717, 1.165) is 0 Å². The number of benzene rings is 2. The van der Waals surface area contributed by atoms with Crippen LogP contribution < -0.4 is 28.7 Å². The second kappa shape index (κ2) is 11.6. The van der Waals surface area contributed by atoms with Crippen LogP contribution in [0.3, 0.4) is 0 Å². The van der Waals surface area contributed by atoms with E-state index in [1.54, 1.807) is 48.2 Å². The first-order chi connectivity index (χ1) is 22.2. The number of hydrogen-bond donors (Lipinski definition) is 0. The van der Waals surface area contributed by atoms with Gasteiger partial charge >= 0.3 is 0 Å². The summed E-state index contributed by atoms with van der Waals surface area (Å²) in [5.41, 5.74) is 1.46. The third kappa shape index (κ3) is 5.61. The number of nitrogens with zero attached hydrogens (tertiary/aromatic N) is 4. The van der Waals surface area contributed by atoms with Gasteiger partial charge in [-0.15, -0.1) is 0 Å². The van der Waals surface area contributed by atoms with E-state index in [2.05, 4.69) is 27.7 Å². The number of likely N-dealkylation sites (N-methyl/N-ethyl adjacent to an activating group) is 2. The minimum atomic E-state index is -0.507. The van der Waals surface area contributed by atoms with Gasteiger partial charge in [0, 0.05) is 45.7 Å². The quantitative estimate of drug-likeness (QED) is 0.395. The highest BCUT2D eigenvalue weighted by atomic mass is 16.5. The number of rotatable bonds is 8. The third-order valence-electron chi connectivity index (χ3n) is 9.75. The summed E-state index contributed by atoms with van der Waals surface area (Å²) in [7, 11) is 6.39. The van der Waals surface area contributed by atoms with Crippen molar-refractivity contribution in [2.75, 3.05) is 64.4 Å². The zero-order valence-corrected chi connectivity index (χ0v) is 28.5. The van der Waals surface area contributed by atoms with Crippen LogP contribution in [0.5, 0.6) is 23.0 Å². The van der Waals surface area contributed by atoms with Crippen molar-refractivity contribution in [3.05, 3.63) is 35.4 Å². The van der Waals surface area contributed by atoms with Crippen LogP contribution >= 0.6 is 0 Å². The molecule has 4 amide bonds. The Balaban J connectivity index is 1.15. The molecule has 4 aliphatic heterocycles. The first-order valence-corrected chi connectivity index (χ1v) is 16.0. The van der Waals surface area contributed by atoms with E-state index >= 15 is 0 Å². The van der Waals surface area contributed by atoms with Crippen LogP contribution in [-0.2, 0) is 9.59 Å². The molecule has 2 saturated heterocycles. The third-order valence-corrected chi connectivity index (χ3v) is 9.75. The van der Waals surface area contributed by atoms with Crippen molar-refractivity contribution in [3.8, 4) is 23.0 Å². The molecule has 0 N–H and O–H groups in total. The maximum Gasteiger partial charge on any atom is 0.256 e. The maximum absolute atomic E-state index is 13.6. The summed E-state index contributed by atoms with van der Waals surface area (Å²) in [5.74, 6) is 0.963. The molecule has 2 fully saturated rings. The van der Waals surface area contributed by atoms with Crippen molar-refractivity contribution in [1.82, 2.24) is 9.80 Å². The molecule has 0 spiro atoms. The molecule has 2 unspecified atom stereocenters. The van der Waals surface area contributed by atoms with Crippen molar-refractivity contribution in [2.24, 2.45) is 10.8 Å². The van der Waals surface area contributed by atoms with Gasteiger partial charge in [0.25, 0.3) is 11.8 Å². The fourth-order valence-corrected chi connectivity index (χ4v) is 7.36. The normalized spacial score (nSPS) is 22.7. The fraction of sp³-hybridized carbons (Fsp3) is 0.543. The Kier molecular flexibility index (Phi) is 8.04. The number of fused-ring (bicyclic) bond motifs is 4. The largest absolute Gasteiger partial charge is 0.493 e. The van der Waals surface area contributed by atoms with Crippen molar-refractivity contribution in [1.29, 1.82) is 0 Å². The van der Waals surface area contributed by atoms with Crippen LogP contribution in [0.2, 0.25) is 0 Å². The molecule has 12 nitrogen and oxygen atoms in total. The van der Waals surface area contributed by atoms with E-state index in [9.17, 15) is 19.2 Å². The molecule has 0 radical (unpaired) electrons. The predicted octanol–water partition coefficient (Wildman–Crippen LogP) is 3.99. The van der Waals surface area contributed by atoms with Gasteiger partial charge in [0.2, 0.25) is 11.8 Å². The van der Waals surface area contributed by atoms with Gasteiger partial charge in [0.1, 0.15) is 12.1 Å². The number of methoxy groups -OCH3 is 2. The van der Waals surface area contributed by atoms with Gasteiger partial charge in [-0.1, -0.05) is 27.7 Å². The minimum Gasteiger partial charge on any atom is -0.493 e. The zero-order valence-electron chi connectivity index (χ0n) is 28.5. The van der Waals surface area contributed by atoms with Crippen LogP contribution in [0.25, 0.3) is 0 Å². The first-order valence-electron chi connectivity index (χ1n) is 16.0. The molecule has 47 heavy (non-hydrogen) atoms. The Morgan fingerprint density at radius 2 is 1.02 bits per heavy atom. The molecular weight excluding hydrogens is 604 g/mol. The van der Waals surface area contributed by atoms with Crippen LogP contribution in [-0.4, -0.2) is 100 Å². The molecule has 2 atom stereocenters. The predicted molar refractivity (Wildman–Crippen MR) is 175 cm³/mol. The SMILES string of the molecule is COc1cc2c(cc1OCCCOc1cc3c(cc1OC)C(=O)N1CC(C)(C)CC1C(=O)N3C)N(C)C(=O)C1CC(C)(C)CN1C2=O. The first kappa shape index (κ1) is 32.5. The Bertz CT molecular complexity index is 1530. The number of hydrogen-bond acceptors (Lipinski definition) is 8. The van der Waals surface area contributed by atoms with Crippen LogP contribution in [0.15, 0.2) is 24.3 Å². The number of amides is 4. The molecule has 0 bridgehead atoms. The van der Waals surface area contributed by atoms with Crippen LogP contribution in [0.4, 0.5) is 11.4 Å². The van der Waals surface area contributed by atoms with Crippen molar-refractivity contribution in [3.63, 3.8) is 0 Å². The maximum atomic E-state index is 13.6. The molecule has 2 aromatic rings. The van der Waals surface area contributed by atoms with Crippen LogP contribution in [0.1, 0.15) is 67.7 Å². The van der Waals surface area contributed by atoms with Crippen LogP contribution in [0, 0.1) is 10.8 Å².